The molecule has 3 fully saturated rings. The Kier molecular flexibility index (Phi) is 6.75. The maximum absolute atomic E-state index is 11.8. The minimum atomic E-state index is -0.173. The lowest BCUT2D eigenvalue weighted by Gasteiger charge is -2.38. The Morgan fingerprint density at radius 1 is 1.10 bits per heavy atom. The molecule has 208 valence electrons. The van der Waals surface area contributed by atoms with Gasteiger partial charge in [0.2, 0.25) is 11.8 Å². The number of anilines is 1. The zero-order chi connectivity index (χ0) is 27.3. The summed E-state index contributed by atoms with van der Waals surface area (Å²) in [7, 11) is 0. The Labute approximate surface area is 230 Å². The van der Waals surface area contributed by atoms with E-state index in [1.165, 1.54) is 11.3 Å². The number of hydroxylamine groups is 2. The van der Waals surface area contributed by atoms with E-state index in [1.54, 1.807) is 0 Å². The van der Waals surface area contributed by atoms with E-state index in [-0.39, 0.29) is 23.5 Å². The number of hydrogen-bond acceptors (Lipinski definition) is 7. The second-order valence-corrected chi connectivity index (χ2v) is 12.3. The number of nitrogens with one attached hydrogen (secondary N) is 1. The van der Waals surface area contributed by atoms with Gasteiger partial charge in [0.05, 0.1) is 23.1 Å². The van der Waals surface area contributed by atoms with Crippen LogP contribution >= 0.6 is 0 Å². The molecule has 0 unspecified atom stereocenters. The van der Waals surface area contributed by atoms with Gasteiger partial charge in [0.25, 0.3) is 0 Å². The Balaban J connectivity index is 1.26. The van der Waals surface area contributed by atoms with E-state index >= 15 is 0 Å². The maximum Gasteiger partial charge on any atom is 0.241 e. The number of ether oxygens (including phenoxy) is 1. The summed E-state index contributed by atoms with van der Waals surface area (Å²) in [6.45, 7) is 14.7. The summed E-state index contributed by atoms with van der Waals surface area (Å²) in [6.07, 6.45) is 4.58. The molecule has 1 saturated carbocycles. The van der Waals surface area contributed by atoms with E-state index < -0.39 is 0 Å². The summed E-state index contributed by atoms with van der Waals surface area (Å²) in [5, 5.41) is 5.01. The van der Waals surface area contributed by atoms with Crippen LogP contribution in [0.4, 0.5) is 5.69 Å². The third-order valence-electron chi connectivity index (χ3n) is 7.91. The van der Waals surface area contributed by atoms with Gasteiger partial charge < -0.3 is 19.5 Å². The van der Waals surface area contributed by atoms with Gasteiger partial charge in [-0.05, 0) is 71.2 Å². The number of benzene rings is 1. The fourth-order valence-corrected chi connectivity index (χ4v) is 5.69. The first-order chi connectivity index (χ1) is 18.6. The van der Waals surface area contributed by atoms with Crippen LogP contribution in [0.3, 0.4) is 0 Å². The molecule has 4 heterocycles. The Morgan fingerprint density at radius 2 is 1.87 bits per heavy atom. The third kappa shape index (κ3) is 5.61. The van der Waals surface area contributed by atoms with Gasteiger partial charge in [-0.15, -0.1) is 0 Å². The molecule has 1 aliphatic carbocycles. The summed E-state index contributed by atoms with van der Waals surface area (Å²) in [5.41, 5.74) is 6.04. The predicted octanol–water partition coefficient (Wildman–Crippen LogP) is 4.50. The molecule has 9 nitrogen and oxygen atoms in total. The zero-order valence-electron chi connectivity index (χ0n) is 23.7. The number of nitrogens with zero attached hydrogens (tertiary/aromatic N) is 5. The van der Waals surface area contributed by atoms with E-state index in [2.05, 4.69) is 71.8 Å². The number of aryl methyl sites for hydroxylation is 1. The molecule has 2 aliphatic heterocycles. The topological polar surface area (TPSA) is 84.7 Å². The summed E-state index contributed by atoms with van der Waals surface area (Å²) in [6, 6.07) is 9.11. The molecular formula is C30H40N6O3. The molecule has 1 N–H and O–H groups in total. The summed E-state index contributed by atoms with van der Waals surface area (Å²) in [4.78, 5) is 30.1. The highest BCUT2D eigenvalue weighted by atomic mass is 16.7. The van der Waals surface area contributed by atoms with Crippen LogP contribution in [-0.2, 0) is 9.63 Å². The third-order valence-corrected chi connectivity index (χ3v) is 7.91. The lowest BCUT2D eigenvalue weighted by Crippen LogP contribution is -2.48. The summed E-state index contributed by atoms with van der Waals surface area (Å²) in [5.74, 6) is 0.825. The van der Waals surface area contributed by atoms with Crippen molar-refractivity contribution in [3.05, 3.63) is 36.2 Å². The summed E-state index contributed by atoms with van der Waals surface area (Å²) >= 11 is 0. The molecule has 39 heavy (non-hydrogen) atoms. The number of carbonyl (C=O) groups excluding carboxylic acids is 1. The van der Waals surface area contributed by atoms with Crippen molar-refractivity contribution in [3.63, 3.8) is 0 Å². The van der Waals surface area contributed by atoms with Crippen LogP contribution in [0.1, 0.15) is 58.6 Å². The number of pyridine rings is 1. The first-order valence-electron chi connectivity index (χ1n) is 14.3. The van der Waals surface area contributed by atoms with Gasteiger partial charge in [-0.25, -0.2) is 9.97 Å². The summed E-state index contributed by atoms with van der Waals surface area (Å²) < 4.78 is 8.72. The first kappa shape index (κ1) is 26.1. The van der Waals surface area contributed by atoms with Gasteiger partial charge >= 0.3 is 0 Å². The van der Waals surface area contributed by atoms with Crippen molar-refractivity contribution in [2.24, 2.45) is 5.92 Å². The van der Waals surface area contributed by atoms with Crippen molar-refractivity contribution in [3.8, 4) is 17.1 Å². The second-order valence-electron chi connectivity index (χ2n) is 12.3. The highest BCUT2D eigenvalue weighted by molar-refractivity contribution is 5.85. The molecule has 2 saturated heterocycles. The van der Waals surface area contributed by atoms with Crippen molar-refractivity contribution in [2.45, 2.75) is 71.6 Å². The average Bonchev–Trinajstić information content (AvgIpc) is 3.48. The van der Waals surface area contributed by atoms with Crippen LogP contribution in [0.5, 0.6) is 5.88 Å². The smallest absolute Gasteiger partial charge is 0.241 e. The minimum absolute atomic E-state index is 0.0871. The fourth-order valence-electron chi connectivity index (χ4n) is 5.69. The van der Waals surface area contributed by atoms with Crippen molar-refractivity contribution in [2.75, 3.05) is 37.6 Å². The van der Waals surface area contributed by atoms with Crippen LogP contribution in [0.15, 0.2) is 30.6 Å². The van der Waals surface area contributed by atoms with Crippen molar-refractivity contribution in [1.82, 2.24) is 24.9 Å². The van der Waals surface area contributed by atoms with Gasteiger partial charge in [0.15, 0.2) is 0 Å². The highest BCUT2D eigenvalue weighted by Crippen LogP contribution is 2.41. The van der Waals surface area contributed by atoms with Gasteiger partial charge in [-0.2, -0.15) is 5.06 Å². The molecule has 3 aromatic rings. The number of piperazine rings is 1. The van der Waals surface area contributed by atoms with Gasteiger partial charge in [-0.1, -0.05) is 6.07 Å². The molecule has 2 atom stereocenters. The Hall–Kier alpha value is -3.17. The predicted molar refractivity (Wildman–Crippen MR) is 152 cm³/mol. The standard InChI is InChI=1S/C30H40N6O3/c1-19-14-21(6-9-26(19)34-10-12-35(13-11-34)39-30(3,4)5)24-16-25-28(36(18-32-25)23-7-8-23)29(33-24)38-20(2)22-15-27(37)31-17-22/h6,9,14,16,18,20,22-23H,7-8,10-13,15,17H2,1-5H3,(H,31,37)/t20-,22-/m1/s1. The molecular weight excluding hydrogens is 492 g/mol. The number of rotatable bonds is 7. The molecule has 0 spiro atoms. The van der Waals surface area contributed by atoms with Crippen molar-refractivity contribution in [1.29, 1.82) is 0 Å². The molecule has 3 aliphatic rings. The number of carbonyl (C=O) groups is 1. The van der Waals surface area contributed by atoms with Gasteiger partial charge in [0.1, 0.15) is 11.6 Å². The fraction of sp³-hybridized carbons (Fsp3) is 0.567. The maximum atomic E-state index is 11.8. The molecule has 0 bridgehead atoms. The van der Waals surface area contributed by atoms with Crippen LogP contribution in [0.2, 0.25) is 0 Å². The highest BCUT2D eigenvalue weighted by Gasteiger charge is 2.31. The second kappa shape index (κ2) is 10.1. The normalized spacial score (nSPS) is 21.4. The molecule has 0 radical (unpaired) electrons. The van der Waals surface area contributed by atoms with Crippen molar-refractivity contribution < 1.29 is 14.4 Å². The lowest BCUT2D eigenvalue weighted by molar-refractivity contribution is -0.230. The van der Waals surface area contributed by atoms with E-state index in [0.717, 1.165) is 61.3 Å². The van der Waals surface area contributed by atoms with Crippen molar-refractivity contribution >= 4 is 22.6 Å². The van der Waals surface area contributed by atoms with E-state index in [0.29, 0.717) is 24.9 Å². The van der Waals surface area contributed by atoms with Gasteiger partial charge in [-0.3, -0.25) is 9.63 Å². The molecule has 1 amide bonds. The molecule has 2 aromatic heterocycles. The lowest BCUT2D eigenvalue weighted by atomic mass is 10.0. The minimum Gasteiger partial charge on any atom is -0.473 e. The molecule has 9 heteroatoms. The molecule has 6 rings (SSSR count). The number of aromatic nitrogens is 3. The van der Waals surface area contributed by atoms with E-state index in [4.69, 9.17) is 19.5 Å². The van der Waals surface area contributed by atoms with Crippen LogP contribution in [0.25, 0.3) is 22.3 Å². The number of hydrogen-bond donors (Lipinski definition) is 1. The number of fused-ring (bicyclic) bond motifs is 1. The molecule has 1 aromatic carbocycles. The SMILES string of the molecule is Cc1cc(-c2cc3ncn(C4CC4)c3c(O[C@H](C)[C@H]3CNC(=O)C3)n2)ccc1N1CCN(OC(C)(C)C)CC1. The quantitative estimate of drug-likeness (QED) is 0.480. The average molecular weight is 533 g/mol. The Bertz CT molecular complexity index is 1370. The largest absolute Gasteiger partial charge is 0.473 e. The van der Waals surface area contributed by atoms with Crippen LogP contribution in [-0.4, -0.2) is 69.9 Å². The number of amides is 1. The van der Waals surface area contributed by atoms with E-state index in [9.17, 15) is 4.79 Å². The first-order valence-corrected chi connectivity index (χ1v) is 14.3. The van der Waals surface area contributed by atoms with Crippen LogP contribution in [0, 0.1) is 12.8 Å². The van der Waals surface area contributed by atoms with Crippen LogP contribution < -0.4 is 15.0 Å². The number of imidazole rings is 1. The van der Waals surface area contributed by atoms with E-state index in [1.807, 2.05) is 13.3 Å². The zero-order valence-corrected chi connectivity index (χ0v) is 23.7. The Morgan fingerprint density at radius 3 is 2.51 bits per heavy atom. The van der Waals surface area contributed by atoms with Gasteiger partial charge in [0, 0.05) is 62.4 Å². The monoisotopic (exact) mass is 532 g/mol.